The van der Waals surface area contributed by atoms with Crippen molar-refractivity contribution in [2.24, 2.45) is 0 Å². The molecule has 7 nitrogen and oxygen atoms in total. The van der Waals surface area contributed by atoms with E-state index in [1.807, 2.05) is 36.4 Å². The SMILES string of the molecule is CCOC(=O)C(Cc1ccccc1)NC(=O)[C@@H](NC(=O)OC(C)(C)C)c1ccccc1. The molecule has 1 unspecified atom stereocenters. The summed E-state index contributed by atoms with van der Waals surface area (Å²) in [5.41, 5.74) is 0.716. The van der Waals surface area contributed by atoms with Gasteiger partial charge in [-0.05, 0) is 38.8 Å². The molecule has 2 rings (SSSR count). The van der Waals surface area contributed by atoms with Crippen molar-refractivity contribution in [2.75, 3.05) is 6.61 Å². The minimum Gasteiger partial charge on any atom is -0.464 e. The van der Waals surface area contributed by atoms with Crippen molar-refractivity contribution in [3.05, 3.63) is 71.8 Å². The molecule has 0 aromatic heterocycles. The molecule has 7 heteroatoms. The quantitative estimate of drug-likeness (QED) is 0.630. The maximum Gasteiger partial charge on any atom is 0.408 e. The van der Waals surface area contributed by atoms with Crippen LogP contribution in [0, 0.1) is 0 Å². The number of carbonyl (C=O) groups is 3. The number of nitrogens with one attached hydrogen (secondary N) is 2. The zero-order chi connectivity index (χ0) is 22.9. The molecule has 2 N–H and O–H groups in total. The first-order valence-electron chi connectivity index (χ1n) is 10.2. The van der Waals surface area contributed by atoms with Gasteiger partial charge in [0.2, 0.25) is 5.91 Å². The van der Waals surface area contributed by atoms with E-state index >= 15 is 0 Å². The van der Waals surface area contributed by atoms with Crippen molar-refractivity contribution in [1.82, 2.24) is 10.6 Å². The molecule has 0 radical (unpaired) electrons. The van der Waals surface area contributed by atoms with E-state index in [-0.39, 0.29) is 13.0 Å². The van der Waals surface area contributed by atoms with E-state index in [2.05, 4.69) is 10.6 Å². The smallest absolute Gasteiger partial charge is 0.408 e. The van der Waals surface area contributed by atoms with Crippen molar-refractivity contribution >= 4 is 18.0 Å². The van der Waals surface area contributed by atoms with Crippen molar-refractivity contribution in [3.8, 4) is 0 Å². The van der Waals surface area contributed by atoms with Crippen LogP contribution in [0.25, 0.3) is 0 Å². The van der Waals surface area contributed by atoms with E-state index < -0.39 is 35.7 Å². The Balaban J connectivity index is 2.23. The molecule has 2 amide bonds. The summed E-state index contributed by atoms with van der Waals surface area (Å²) >= 11 is 0. The topological polar surface area (TPSA) is 93.7 Å². The standard InChI is InChI=1S/C24H30N2O5/c1-5-30-22(28)19(16-17-12-8-6-9-13-17)25-21(27)20(18-14-10-7-11-15-18)26-23(29)31-24(2,3)4/h6-15,19-20H,5,16H2,1-4H3,(H,25,27)(H,26,29)/t19?,20-/m0/s1. The molecule has 2 atom stereocenters. The highest BCUT2D eigenvalue weighted by molar-refractivity contribution is 5.90. The highest BCUT2D eigenvalue weighted by atomic mass is 16.6. The Labute approximate surface area is 183 Å². The molecule has 31 heavy (non-hydrogen) atoms. The summed E-state index contributed by atoms with van der Waals surface area (Å²) < 4.78 is 10.4. The highest BCUT2D eigenvalue weighted by Gasteiger charge is 2.30. The maximum absolute atomic E-state index is 13.2. The lowest BCUT2D eigenvalue weighted by atomic mass is 10.0. The lowest BCUT2D eigenvalue weighted by Crippen LogP contribution is -2.49. The van der Waals surface area contributed by atoms with Crippen LogP contribution < -0.4 is 10.6 Å². The molecule has 0 spiro atoms. The molecule has 0 saturated heterocycles. The summed E-state index contributed by atoms with van der Waals surface area (Å²) in [6, 6.07) is 16.2. The fourth-order valence-corrected chi connectivity index (χ4v) is 2.91. The number of amides is 2. The van der Waals surface area contributed by atoms with Gasteiger partial charge in [0.15, 0.2) is 0 Å². The predicted octanol–water partition coefficient (Wildman–Crippen LogP) is 3.54. The highest BCUT2D eigenvalue weighted by Crippen LogP contribution is 2.16. The van der Waals surface area contributed by atoms with Gasteiger partial charge in [-0.2, -0.15) is 0 Å². The number of hydrogen-bond donors (Lipinski definition) is 2. The third-order valence-corrected chi connectivity index (χ3v) is 4.23. The number of ether oxygens (including phenoxy) is 2. The fourth-order valence-electron chi connectivity index (χ4n) is 2.91. The summed E-state index contributed by atoms with van der Waals surface area (Å²) in [6.07, 6.45) is -0.466. The molecular formula is C24H30N2O5. The largest absolute Gasteiger partial charge is 0.464 e. The first-order chi connectivity index (χ1) is 14.7. The van der Waals surface area contributed by atoms with Crippen LogP contribution in [0.4, 0.5) is 4.79 Å². The van der Waals surface area contributed by atoms with Crippen LogP contribution in [0.2, 0.25) is 0 Å². The average Bonchev–Trinajstić information content (AvgIpc) is 2.71. The fraction of sp³-hybridized carbons (Fsp3) is 0.375. The van der Waals surface area contributed by atoms with E-state index in [0.29, 0.717) is 5.56 Å². The van der Waals surface area contributed by atoms with E-state index in [1.54, 1.807) is 52.0 Å². The number of alkyl carbamates (subject to hydrolysis) is 1. The molecule has 2 aromatic carbocycles. The summed E-state index contributed by atoms with van der Waals surface area (Å²) in [4.78, 5) is 38.0. The molecule has 0 aliphatic carbocycles. The third kappa shape index (κ3) is 8.12. The number of hydrogen-bond acceptors (Lipinski definition) is 5. The molecule has 0 saturated carbocycles. The van der Waals surface area contributed by atoms with Crippen LogP contribution in [-0.4, -0.2) is 36.2 Å². The Bertz CT molecular complexity index is 863. The first-order valence-corrected chi connectivity index (χ1v) is 10.2. The van der Waals surface area contributed by atoms with Gasteiger partial charge in [-0.15, -0.1) is 0 Å². The zero-order valence-electron chi connectivity index (χ0n) is 18.4. The predicted molar refractivity (Wildman–Crippen MR) is 117 cm³/mol. The average molecular weight is 427 g/mol. The Morgan fingerprint density at radius 3 is 2.03 bits per heavy atom. The zero-order valence-corrected chi connectivity index (χ0v) is 18.4. The minimum absolute atomic E-state index is 0.193. The second-order valence-corrected chi connectivity index (χ2v) is 7.99. The van der Waals surface area contributed by atoms with Gasteiger partial charge < -0.3 is 20.1 Å². The molecule has 0 heterocycles. The van der Waals surface area contributed by atoms with Gasteiger partial charge in [0.1, 0.15) is 17.7 Å². The first kappa shape index (κ1) is 23.9. The maximum atomic E-state index is 13.2. The van der Waals surface area contributed by atoms with Gasteiger partial charge >= 0.3 is 12.1 Å². The van der Waals surface area contributed by atoms with Crippen LogP contribution in [0.1, 0.15) is 44.9 Å². The van der Waals surface area contributed by atoms with Crippen LogP contribution >= 0.6 is 0 Å². The second kappa shape index (κ2) is 11.2. The van der Waals surface area contributed by atoms with E-state index in [0.717, 1.165) is 5.56 Å². The third-order valence-electron chi connectivity index (χ3n) is 4.23. The summed E-state index contributed by atoms with van der Waals surface area (Å²) in [5, 5.41) is 5.34. The van der Waals surface area contributed by atoms with Crippen LogP contribution in [0.5, 0.6) is 0 Å². The normalized spacial score (nSPS) is 12.9. The Hall–Kier alpha value is -3.35. The molecule has 166 valence electrons. The van der Waals surface area contributed by atoms with Gasteiger partial charge in [0, 0.05) is 6.42 Å². The van der Waals surface area contributed by atoms with E-state index in [1.165, 1.54) is 0 Å². The monoisotopic (exact) mass is 426 g/mol. The summed E-state index contributed by atoms with van der Waals surface area (Å²) in [7, 11) is 0. The van der Waals surface area contributed by atoms with Gasteiger partial charge in [-0.3, -0.25) is 4.79 Å². The molecule has 0 fully saturated rings. The lowest BCUT2D eigenvalue weighted by Gasteiger charge is -2.25. The molecular weight excluding hydrogens is 396 g/mol. The molecule has 0 aliphatic rings. The van der Waals surface area contributed by atoms with Crippen molar-refractivity contribution in [3.63, 3.8) is 0 Å². The van der Waals surface area contributed by atoms with Gasteiger partial charge in [0.25, 0.3) is 0 Å². The van der Waals surface area contributed by atoms with Crippen molar-refractivity contribution in [2.45, 2.75) is 51.8 Å². The number of benzene rings is 2. The Morgan fingerprint density at radius 2 is 1.48 bits per heavy atom. The van der Waals surface area contributed by atoms with Gasteiger partial charge in [-0.1, -0.05) is 60.7 Å². The molecule has 2 aromatic rings. The van der Waals surface area contributed by atoms with E-state index in [4.69, 9.17) is 9.47 Å². The number of rotatable bonds is 8. The summed E-state index contributed by atoms with van der Waals surface area (Å²) in [5.74, 6) is -1.07. The number of carbonyl (C=O) groups excluding carboxylic acids is 3. The van der Waals surface area contributed by atoms with Gasteiger partial charge in [0.05, 0.1) is 6.61 Å². The Kier molecular flexibility index (Phi) is 8.61. The molecule has 0 aliphatic heterocycles. The summed E-state index contributed by atoms with van der Waals surface area (Å²) in [6.45, 7) is 7.11. The Morgan fingerprint density at radius 1 is 0.903 bits per heavy atom. The van der Waals surface area contributed by atoms with Crippen molar-refractivity contribution in [1.29, 1.82) is 0 Å². The van der Waals surface area contributed by atoms with Gasteiger partial charge in [-0.25, -0.2) is 9.59 Å². The van der Waals surface area contributed by atoms with E-state index in [9.17, 15) is 14.4 Å². The minimum atomic E-state index is -1.04. The van der Waals surface area contributed by atoms with Crippen molar-refractivity contribution < 1.29 is 23.9 Å². The second-order valence-electron chi connectivity index (χ2n) is 7.99. The molecule has 0 bridgehead atoms. The number of esters is 1. The lowest BCUT2D eigenvalue weighted by molar-refractivity contribution is -0.147. The van der Waals surface area contributed by atoms with Crippen LogP contribution in [0.3, 0.4) is 0 Å². The van der Waals surface area contributed by atoms with Crippen LogP contribution in [0.15, 0.2) is 60.7 Å². The van der Waals surface area contributed by atoms with Crippen LogP contribution in [-0.2, 0) is 25.5 Å².